The summed E-state index contributed by atoms with van der Waals surface area (Å²) in [5, 5.41) is 18.0. The topological polar surface area (TPSA) is 50.1 Å². The molecule has 1 atom stereocenters. The summed E-state index contributed by atoms with van der Waals surface area (Å²) in [6, 6.07) is 0. The van der Waals surface area contributed by atoms with Crippen LogP contribution in [0.15, 0.2) is 0 Å². The number of aryl methyl sites for hydroxylation is 2. The molecule has 5 heteroatoms. The molecule has 1 saturated heterocycles. The second-order valence-corrected chi connectivity index (χ2v) is 6.01. The lowest BCUT2D eigenvalue weighted by Crippen LogP contribution is -2.40. The fourth-order valence-electron chi connectivity index (χ4n) is 2.23. The van der Waals surface area contributed by atoms with Crippen LogP contribution in [0.25, 0.3) is 0 Å². The van der Waals surface area contributed by atoms with Gasteiger partial charge in [-0.1, -0.05) is 0 Å². The first-order valence-corrected chi connectivity index (χ1v) is 7.17. The van der Waals surface area contributed by atoms with Crippen molar-refractivity contribution in [1.82, 2.24) is 15.1 Å². The fourth-order valence-corrected chi connectivity index (χ4v) is 3.52. The molecule has 0 radical (unpaired) electrons. The molecule has 2 rings (SSSR count). The molecule has 1 aliphatic rings. The van der Waals surface area contributed by atoms with Crippen molar-refractivity contribution >= 4 is 11.8 Å². The molecule has 1 aliphatic heterocycles. The zero-order valence-corrected chi connectivity index (χ0v) is 11.6. The first-order valence-electron chi connectivity index (χ1n) is 6.02. The Bertz CT molecular complexity index is 397. The van der Waals surface area contributed by atoms with Crippen LogP contribution in [0.3, 0.4) is 0 Å². The number of nitrogens with zero attached hydrogens (tertiary/aromatic N) is 2. The lowest BCUT2D eigenvalue weighted by molar-refractivity contribution is 0.0674. The Labute approximate surface area is 107 Å². The van der Waals surface area contributed by atoms with E-state index in [4.69, 9.17) is 0 Å². The molecule has 0 aromatic carbocycles. The summed E-state index contributed by atoms with van der Waals surface area (Å²) in [7, 11) is 1.97. The van der Waals surface area contributed by atoms with Gasteiger partial charge in [-0.2, -0.15) is 16.9 Å². The summed E-state index contributed by atoms with van der Waals surface area (Å²) >= 11 is 1.83. The molecule has 17 heavy (non-hydrogen) atoms. The van der Waals surface area contributed by atoms with Crippen molar-refractivity contribution in [2.24, 2.45) is 7.05 Å². The third-order valence-electron chi connectivity index (χ3n) is 3.50. The van der Waals surface area contributed by atoms with Gasteiger partial charge in [0.1, 0.15) is 0 Å². The SMILES string of the molecule is Cc1nn(C)c(C)c1CNCC1(O)CCSC1. The van der Waals surface area contributed by atoms with Crippen molar-refractivity contribution in [2.45, 2.75) is 32.4 Å². The highest BCUT2D eigenvalue weighted by Gasteiger charge is 2.31. The standard InChI is InChI=1S/C12H21N3OS/c1-9-11(10(2)15(3)14-9)6-13-7-12(16)4-5-17-8-12/h13,16H,4-8H2,1-3H3. The molecule has 1 fully saturated rings. The largest absolute Gasteiger partial charge is 0.388 e. The van der Waals surface area contributed by atoms with Crippen LogP contribution in [0, 0.1) is 13.8 Å². The Kier molecular flexibility index (Phi) is 3.80. The monoisotopic (exact) mass is 255 g/mol. The molecule has 0 bridgehead atoms. The zero-order chi connectivity index (χ0) is 12.5. The molecule has 0 amide bonds. The zero-order valence-electron chi connectivity index (χ0n) is 10.8. The summed E-state index contributed by atoms with van der Waals surface area (Å²) in [4.78, 5) is 0. The van der Waals surface area contributed by atoms with Crippen molar-refractivity contribution < 1.29 is 5.11 Å². The maximum absolute atomic E-state index is 10.2. The second-order valence-electron chi connectivity index (χ2n) is 4.90. The van der Waals surface area contributed by atoms with Crippen LogP contribution in [-0.2, 0) is 13.6 Å². The van der Waals surface area contributed by atoms with Crippen LogP contribution < -0.4 is 5.32 Å². The Morgan fingerprint density at radius 2 is 2.29 bits per heavy atom. The summed E-state index contributed by atoms with van der Waals surface area (Å²) in [6.45, 7) is 5.58. The van der Waals surface area contributed by atoms with Crippen molar-refractivity contribution in [3.8, 4) is 0 Å². The highest BCUT2D eigenvalue weighted by Crippen LogP contribution is 2.27. The normalized spacial score (nSPS) is 24.5. The predicted octanol–water partition coefficient (Wildman–Crippen LogP) is 0.995. The van der Waals surface area contributed by atoms with Crippen LogP contribution in [0.5, 0.6) is 0 Å². The number of aliphatic hydroxyl groups is 1. The van der Waals surface area contributed by atoms with Gasteiger partial charge in [-0.3, -0.25) is 4.68 Å². The number of aromatic nitrogens is 2. The number of rotatable bonds is 4. The number of hydrogen-bond acceptors (Lipinski definition) is 4. The van der Waals surface area contributed by atoms with Crippen molar-refractivity contribution in [3.05, 3.63) is 17.0 Å². The molecule has 1 aromatic heterocycles. The van der Waals surface area contributed by atoms with Crippen LogP contribution in [-0.4, -0.2) is 38.5 Å². The number of hydrogen-bond donors (Lipinski definition) is 2. The number of thioether (sulfide) groups is 1. The molecule has 2 N–H and O–H groups in total. The molecule has 4 nitrogen and oxygen atoms in total. The smallest absolute Gasteiger partial charge is 0.0869 e. The van der Waals surface area contributed by atoms with E-state index < -0.39 is 5.60 Å². The Hall–Kier alpha value is -0.520. The van der Waals surface area contributed by atoms with Crippen LogP contribution in [0.4, 0.5) is 0 Å². The van der Waals surface area contributed by atoms with Gasteiger partial charge in [-0.15, -0.1) is 0 Å². The quantitative estimate of drug-likeness (QED) is 0.842. The second kappa shape index (κ2) is 5.00. The number of nitrogens with one attached hydrogen (secondary N) is 1. The molecule has 1 unspecified atom stereocenters. The maximum atomic E-state index is 10.2. The molecule has 0 spiro atoms. The van der Waals surface area contributed by atoms with Gasteiger partial charge in [-0.05, 0) is 26.0 Å². The molecular weight excluding hydrogens is 234 g/mol. The van der Waals surface area contributed by atoms with Crippen LogP contribution in [0.1, 0.15) is 23.4 Å². The van der Waals surface area contributed by atoms with E-state index in [1.165, 1.54) is 11.3 Å². The van der Waals surface area contributed by atoms with E-state index in [1.54, 1.807) is 0 Å². The highest BCUT2D eigenvalue weighted by atomic mass is 32.2. The van der Waals surface area contributed by atoms with E-state index in [1.807, 2.05) is 30.4 Å². The van der Waals surface area contributed by atoms with E-state index in [0.717, 1.165) is 30.2 Å². The molecule has 96 valence electrons. The maximum Gasteiger partial charge on any atom is 0.0869 e. The van der Waals surface area contributed by atoms with E-state index in [-0.39, 0.29) is 0 Å². The molecule has 1 aromatic rings. The summed E-state index contributed by atoms with van der Waals surface area (Å²) in [5.41, 5.74) is 3.02. The van der Waals surface area contributed by atoms with Gasteiger partial charge >= 0.3 is 0 Å². The van der Waals surface area contributed by atoms with Crippen molar-refractivity contribution in [3.63, 3.8) is 0 Å². The Balaban J connectivity index is 1.89. The summed E-state index contributed by atoms with van der Waals surface area (Å²) in [5.74, 6) is 1.92. The molecule has 0 saturated carbocycles. The molecule has 2 heterocycles. The first-order chi connectivity index (χ1) is 8.02. The first kappa shape index (κ1) is 12.9. The van der Waals surface area contributed by atoms with Crippen molar-refractivity contribution in [1.29, 1.82) is 0 Å². The lowest BCUT2D eigenvalue weighted by atomic mass is 10.0. The fraction of sp³-hybridized carbons (Fsp3) is 0.750. The van der Waals surface area contributed by atoms with E-state index in [9.17, 15) is 5.11 Å². The van der Waals surface area contributed by atoms with E-state index in [2.05, 4.69) is 17.3 Å². The van der Waals surface area contributed by atoms with Gasteiger partial charge in [0.25, 0.3) is 0 Å². The average Bonchev–Trinajstić information content (AvgIpc) is 2.79. The van der Waals surface area contributed by atoms with E-state index >= 15 is 0 Å². The minimum Gasteiger partial charge on any atom is -0.388 e. The Morgan fingerprint density at radius 3 is 2.82 bits per heavy atom. The highest BCUT2D eigenvalue weighted by molar-refractivity contribution is 7.99. The molecular formula is C12H21N3OS. The van der Waals surface area contributed by atoms with Crippen LogP contribution >= 0.6 is 11.8 Å². The van der Waals surface area contributed by atoms with Gasteiger partial charge in [0, 0.05) is 37.1 Å². The van der Waals surface area contributed by atoms with Gasteiger partial charge in [0.2, 0.25) is 0 Å². The minimum absolute atomic E-state index is 0.505. The molecule has 0 aliphatic carbocycles. The third kappa shape index (κ3) is 2.84. The van der Waals surface area contributed by atoms with E-state index in [0.29, 0.717) is 6.54 Å². The van der Waals surface area contributed by atoms with Gasteiger partial charge in [0.05, 0.1) is 11.3 Å². The lowest BCUT2D eigenvalue weighted by Gasteiger charge is -2.21. The van der Waals surface area contributed by atoms with Gasteiger partial charge in [0.15, 0.2) is 0 Å². The third-order valence-corrected chi connectivity index (χ3v) is 4.73. The Morgan fingerprint density at radius 1 is 1.53 bits per heavy atom. The predicted molar refractivity (Wildman–Crippen MR) is 71.3 cm³/mol. The van der Waals surface area contributed by atoms with Crippen molar-refractivity contribution in [2.75, 3.05) is 18.1 Å². The summed E-state index contributed by atoms with van der Waals surface area (Å²) < 4.78 is 1.91. The average molecular weight is 255 g/mol. The van der Waals surface area contributed by atoms with Gasteiger partial charge < -0.3 is 10.4 Å². The van der Waals surface area contributed by atoms with Gasteiger partial charge in [-0.25, -0.2) is 0 Å². The summed E-state index contributed by atoms with van der Waals surface area (Å²) in [6.07, 6.45) is 0.898. The minimum atomic E-state index is -0.505. The van der Waals surface area contributed by atoms with Crippen LogP contribution in [0.2, 0.25) is 0 Å².